The maximum Gasteiger partial charge on any atom is 0.281 e. The Morgan fingerprint density at radius 2 is 2.12 bits per heavy atom. The minimum Gasteiger partial charge on any atom is -0.317 e. The van der Waals surface area contributed by atoms with Crippen LogP contribution in [0.3, 0.4) is 0 Å². The maximum atomic E-state index is 12.2. The van der Waals surface area contributed by atoms with Crippen molar-refractivity contribution in [2.75, 3.05) is 39.8 Å². The van der Waals surface area contributed by atoms with Gasteiger partial charge in [-0.25, -0.2) is 0 Å². The van der Waals surface area contributed by atoms with Crippen molar-refractivity contribution < 1.29 is 8.42 Å². The van der Waals surface area contributed by atoms with E-state index in [-0.39, 0.29) is 0 Å². The monoisotopic (exact) mass is 263 g/mol. The van der Waals surface area contributed by atoms with Crippen LogP contribution >= 0.6 is 0 Å². The fraction of sp³-hybridized carbons (Fsp3) is 1.00. The Balaban J connectivity index is 2.60. The van der Waals surface area contributed by atoms with Gasteiger partial charge in [0.1, 0.15) is 0 Å². The van der Waals surface area contributed by atoms with Crippen LogP contribution in [0.1, 0.15) is 26.7 Å². The highest BCUT2D eigenvalue weighted by molar-refractivity contribution is 7.86. The summed E-state index contributed by atoms with van der Waals surface area (Å²) >= 11 is 0. The van der Waals surface area contributed by atoms with Crippen LogP contribution < -0.4 is 5.32 Å². The summed E-state index contributed by atoms with van der Waals surface area (Å²) in [5.41, 5.74) is 0. The lowest BCUT2D eigenvalue weighted by Gasteiger charge is -2.34. The van der Waals surface area contributed by atoms with Gasteiger partial charge in [0.05, 0.1) is 0 Å². The number of piperidine rings is 1. The van der Waals surface area contributed by atoms with Crippen LogP contribution in [0.5, 0.6) is 0 Å². The van der Waals surface area contributed by atoms with Crippen molar-refractivity contribution in [3.63, 3.8) is 0 Å². The third-order valence-corrected chi connectivity index (χ3v) is 5.36. The normalized spacial score (nSPS) is 23.2. The molecular formula is C11H25N3O2S. The quantitative estimate of drug-likeness (QED) is 0.759. The van der Waals surface area contributed by atoms with E-state index in [1.54, 1.807) is 11.4 Å². The van der Waals surface area contributed by atoms with Gasteiger partial charge < -0.3 is 5.32 Å². The molecule has 0 aromatic carbocycles. The number of rotatable bonds is 6. The van der Waals surface area contributed by atoms with E-state index in [9.17, 15) is 8.42 Å². The second-order valence-electron chi connectivity index (χ2n) is 4.60. The molecule has 1 aliphatic rings. The first kappa shape index (κ1) is 14.9. The molecule has 0 amide bonds. The van der Waals surface area contributed by atoms with E-state index < -0.39 is 10.2 Å². The van der Waals surface area contributed by atoms with Crippen molar-refractivity contribution in [2.45, 2.75) is 26.7 Å². The number of nitrogens with zero attached hydrogens (tertiary/aromatic N) is 2. The Bertz CT molecular complexity index is 319. The summed E-state index contributed by atoms with van der Waals surface area (Å²) in [6.07, 6.45) is 2.09. The molecule has 0 aliphatic carbocycles. The van der Waals surface area contributed by atoms with Crippen molar-refractivity contribution >= 4 is 10.2 Å². The average molecular weight is 263 g/mol. The molecule has 5 nitrogen and oxygen atoms in total. The summed E-state index contributed by atoms with van der Waals surface area (Å²) in [5.74, 6) is 0.448. The van der Waals surface area contributed by atoms with Crippen LogP contribution in [-0.4, -0.2) is 56.8 Å². The Hall–Kier alpha value is -0.170. The summed E-state index contributed by atoms with van der Waals surface area (Å²) < 4.78 is 27.4. The molecule has 1 atom stereocenters. The zero-order chi connectivity index (χ0) is 12.9. The molecule has 0 saturated carbocycles. The van der Waals surface area contributed by atoms with Gasteiger partial charge in [0.15, 0.2) is 0 Å². The molecule has 102 valence electrons. The molecule has 1 aliphatic heterocycles. The van der Waals surface area contributed by atoms with Crippen LogP contribution in [0.25, 0.3) is 0 Å². The van der Waals surface area contributed by atoms with Gasteiger partial charge in [0.25, 0.3) is 10.2 Å². The molecule has 0 spiro atoms. The molecule has 1 fully saturated rings. The minimum absolute atomic E-state index is 0.448. The molecule has 1 rings (SSSR count). The van der Waals surface area contributed by atoms with E-state index in [1.807, 2.05) is 6.92 Å². The molecule has 17 heavy (non-hydrogen) atoms. The first-order valence-corrected chi connectivity index (χ1v) is 7.84. The molecule has 0 aromatic rings. The first-order chi connectivity index (χ1) is 8.02. The second-order valence-corrected chi connectivity index (χ2v) is 6.63. The van der Waals surface area contributed by atoms with Crippen LogP contribution in [0.4, 0.5) is 0 Å². The van der Waals surface area contributed by atoms with Crippen molar-refractivity contribution in [1.29, 1.82) is 0 Å². The third kappa shape index (κ3) is 3.91. The Kier molecular flexibility index (Phi) is 5.85. The lowest BCUT2D eigenvalue weighted by molar-refractivity contribution is 0.248. The van der Waals surface area contributed by atoms with Gasteiger partial charge in [-0.05, 0) is 31.8 Å². The Morgan fingerprint density at radius 1 is 1.41 bits per heavy atom. The van der Waals surface area contributed by atoms with Crippen LogP contribution in [-0.2, 0) is 10.2 Å². The first-order valence-electron chi connectivity index (χ1n) is 6.44. The zero-order valence-electron chi connectivity index (χ0n) is 11.1. The second kappa shape index (κ2) is 6.68. The molecule has 0 aromatic heterocycles. The van der Waals surface area contributed by atoms with Crippen LogP contribution in [0.15, 0.2) is 0 Å². The van der Waals surface area contributed by atoms with E-state index in [1.165, 1.54) is 4.31 Å². The molecule has 0 bridgehead atoms. The molecular weight excluding hydrogens is 238 g/mol. The highest BCUT2D eigenvalue weighted by Gasteiger charge is 2.30. The molecule has 1 unspecified atom stereocenters. The summed E-state index contributed by atoms with van der Waals surface area (Å²) in [4.78, 5) is 0. The van der Waals surface area contributed by atoms with Crippen LogP contribution in [0, 0.1) is 5.92 Å². The Morgan fingerprint density at radius 3 is 2.71 bits per heavy atom. The lowest BCUT2D eigenvalue weighted by atomic mass is 10.00. The van der Waals surface area contributed by atoms with Gasteiger partial charge >= 0.3 is 0 Å². The highest BCUT2D eigenvalue weighted by atomic mass is 32.2. The van der Waals surface area contributed by atoms with E-state index >= 15 is 0 Å². The average Bonchev–Trinajstić information content (AvgIpc) is 2.35. The van der Waals surface area contributed by atoms with Gasteiger partial charge in [-0.15, -0.1) is 0 Å². The smallest absolute Gasteiger partial charge is 0.281 e. The maximum absolute atomic E-state index is 12.2. The van der Waals surface area contributed by atoms with Gasteiger partial charge in [0, 0.05) is 26.7 Å². The van der Waals surface area contributed by atoms with Gasteiger partial charge in [-0.1, -0.05) is 13.8 Å². The van der Waals surface area contributed by atoms with Gasteiger partial charge in [0.2, 0.25) is 0 Å². The predicted molar refractivity (Wildman–Crippen MR) is 70.1 cm³/mol. The summed E-state index contributed by atoms with van der Waals surface area (Å²) in [7, 11) is -1.59. The molecule has 1 heterocycles. The van der Waals surface area contributed by atoms with E-state index in [0.29, 0.717) is 25.6 Å². The van der Waals surface area contributed by atoms with Crippen molar-refractivity contribution in [2.24, 2.45) is 5.92 Å². The molecule has 0 radical (unpaired) electrons. The fourth-order valence-electron chi connectivity index (χ4n) is 2.11. The number of hydrogen-bond donors (Lipinski definition) is 1. The number of hydrogen-bond acceptors (Lipinski definition) is 3. The van der Waals surface area contributed by atoms with Gasteiger partial charge in [-0.3, -0.25) is 0 Å². The topological polar surface area (TPSA) is 52.7 Å². The van der Waals surface area contributed by atoms with Crippen molar-refractivity contribution in [1.82, 2.24) is 13.9 Å². The van der Waals surface area contributed by atoms with Crippen molar-refractivity contribution in [3.8, 4) is 0 Å². The summed E-state index contributed by atoms with van der Waals surface area (Å²) in [6, 6.07) is 0. The lowest BCUT2D eigenvalue weighted by Crippen LogP contribution is -2.48. The summed E-state index contributed by atoms with van der Waals surface area (Å²) in [6.45, 7) is 7.63. The van der Waals surface area contributed by atoms with Crippen molar-refractivity contribution in [3.05, 3.63) is 0 Å². The molecule has 1 N–H and O–H groups in total. The van der Waals surface area contributed by atoms with E-state index in [4.69, 9.17) is 0 Å². The predicted octanol–water partition coefficient (Wildman–Crippen LogP) is 0.504. The Labute approximate surface area is 105 Å². The van der Waals surface area contributed by atoms with Crippen LogP contribution in [0.2, 0.25) is 0 Å². The van der Waals surface area contributed by atoms with Gasteiger partial charge in [-0.2, -0.15) is 17.0 Å². The van der Waals surface area contributed by atoms with E-state index in [0.717, 1.165) is 25.9 Å². The van der Waals surface area contributed by atoms with E-state index in [2.05, 4.69) is 12.2 Å². The molecule has 1 saturated heterocycles. The minimum atomic E-state index is -3.23. The largest absolute Gasteiger partial charge is 0.317 e. The summed E-state index contributed by atoms with van der Waals surface area (Å²) in [5, 5.41) is 3.30. The molecule has 6 heteroatoms. The third-order valence-electron chi connectivity index (χ3n) is 3.33. The number of nitrogens with one attached hydrogen (secondary N) is 1. The zero-order valence-corrected chi connectivity index (χ0v) is 12.0. The fourth-order valence-corrected chi connectivity index (χ4v) is 3.59. The standard InChI is InChI=1S/C11H25N3O2S/c1-4-12-9-11-7-6-8-14(10-11)17(15,16)13(3)5-2/h11-12H,4-10H2,1-3H3. The highest BCUT2D eigenvalue weighted by Crippen LogP contribution is 2.19. The SMILES string of the molecule is CCNCC1CCCN(S(=O)(=O)N(C)CC)C1.